The molecule has 0 spiro atoms. The van der Waals surface area contributed by atoms with Crippen molar-refractivity contribution in [2.75, 3.05) is 11.4 Å². The quantitative estimate of drug-likeness (QED) is 0.604. The van der Waals surface area contributed by atoms with Crippen molar-refractivity contribution >= 4 is 11.8 Å². The molecule has 0 radical (unpaired) electrons. The Hall–Kier alpha value is -1.72. The Labute approximate surface area is 84.7 Å². The minimum absolute atomic E-state index is 0.944. The molecule has 0 saturated heterocycles. The van der Waals surface area contributed by atoms with E-state index in [0.717, 1.165) is 12.2 Å². The predicted octanol–water partition coefficient (Wildman–Crippen LogP) is 3.21. The Morgan fingerprint density at radius 2 is 2.07 bits per heavy atom. The first-order chi connectivity index (χ1) is 6.86. The van der Waals surface area contributed by atoms with Crippen LogP contribution in [0.5, 0.6) is 0 Å². The van der Waals surface area contributed by atoms with E-state index in [-0.39, 0.29) is 0 Å². The summed E-state index contributed by atoms with van der Waals surface area (Å²) in [7, 11) is 0. The van der Waals surface area contributed by atoms with Crippen LogP contribution in [-0.2, 0) is 0 Å². The number of hydrogen-bond donors (Lipinski definition) is 0. The third-order valence-corrected chi connectivity index (χ3v) is 2.44. The SMILES string of the molecule is C=C=C1C=Cc2ccccc2N1CC. The molecule has 0 unspecified atom stereocenters. The van der Waals surface area contributed by atoms with Crippen molar-refractivity contribution in [3.63, 3.8) is 0 Å². The fourth-order valence-corrected chi connectivity index (χ4v) is 1.76. The van der Waals surface area contributed by atoms with Gasteiger partial charge in [0, 0.05) is 12.2 Å². The topological polar surface area (TPSA) is 3.24 Å². The molecule has 1 nitrogen and oxygen atoms in total. The van der Waals surface area contributed by atoms with Gasteiger partial charge in [-0.05, 0) is 24.6 Å². The molecule has 0 fully saturated rings. The van der Waals surface area contributed by atoms with Crippen LogP contribution in [0, 0.1) is 0 Å². The molecule has 1 aliphatic heterocycles. The van der Waals surface area contributed by atoms with E-state index in [1.54, 1.807) is 0 Å². The van der Waals surface area contributed by atoms with Crippen LogP contribution in [-0.4, -0.2) is 6.54 Å². The summed E-state index contributed by atoms with van der Waals surface area (Å²) in [6, 6.07) is 8.36. The zero-order valence-corrected chi connectivity index (χ0v) is 8.33. The zero-order chi connectivity index (χ0) is 9.97. The molecule has 0 aromatic heterocycles. The number of allylic oxidation sites excluding steroid dienone is 1. The first-order valence-corrected chi connectivity index (χ1v) is 4.81. The summed E-state index contributed by atoms with van der Waals surface area (Å²) < 4.78 is 0. The van der Waals surface area contributed by atoms with Crippen molar-refractivity contribution in [3.8, 4) is 0 Å². The van der Waals surface area contributed by atoms with Crippen molar-refractivity contribution in [2.45, 2.75) is 6.92 Å². The predicted molar refractivity (Wildman–Crippen MR) is 61.1 cm³/mol. The molecule has 14 heavy (non-hydrogen) atoms. The Balaban J connectivity index is 2.58. The van der Waals surface area contributed by atoms with Crippen LogP contribution in [0.2, 0.25) is 0 Å². The molecule has 1 heterocycles. The minimum Gasteiger partial charge on any atom is -0.335 e. The van der Waals surface area contributed by atoms with E-state index in [1.165, 1.54) is 11.3 Å². The van der Waals surface area contributed by atoms with E-state index in [2.05, 4.69) is 60.6 Å². The highest BCUT2D eigenvalue weighted by atomic mass is 15.1. The van der Waals surface area contributed by atoms with Gasteiger partial charge < -0.3 is 4.90 Å². The number of hydrogen-bond acceptors (Lipinski definition) is 1. The molecular weight excluding hydrogens is 170 g/mol. The highest BCUT2D eigenvalue weighted by Gasteiger charge is 2.13. The maximum Gasteiger partial charge on any atom is 0.0838 e. The third kappa shape index (κ3) is 1.28. The van der Waals surface area contributed by atoms with E-state index in [9.17, 15) is 0 Å². The molecule has 1 aromatic rings. The van der Waals surface area contributed by atoms with E-state index in [1.807, 2.05) is 0 Å². The Morgan fingerprint density at radius 3 is 2.79 bits per heavy atom. The first-order valence-electron chi connectivity index (χ1n) is 4.81. The second kappa shape index (κ2) is 3.57. The number of anilines is 1. The molecular formula is C13H13N. The average molecular weight is 183 g/mol. The summed E-state index contributed by atoms with van der Waals surface area (Å²) in [5.74, 6) is 0. The Kier molecular flexibility index (Phi) is 2.26. The van der Waals surface area contributed by atoms with Gasteiger partial charge in [-0.2, -0.15) is 0 Å². The monoisotopic (exact) mass is 183 g/mol. The number of nitrogens with zero attached hydrogens (tertiary/aromatic N) is 1. The summed E-state index contributed by atoms with van der Waals surface area (Å²) in [4.78, 5) is 2.21. The fraction of sp³-hybridized carbons (Fsp3) is 0.154. The molecule has 0 bridgehead atoms. The smallest absolute Gasteiger partial charge is 0.0838 e. The van der Waals surface area contributed by atoms with Crippen molar-refractivity contribution in [2.24, 2.45) is 0 Å². The van der Waals surface area contributed by atoms with Gasteiger partial charge in [0.1, 0.15) is 0 Å². The fourth-order valence-electron chi connectivity index (χ4n) is 1.76. The van der Waals surface area contributed by atoms with Gasteiger partial charge in [-0.15, -0.1) is 5.73 Å². The summed E-state index contributed by atoms with van der Waals surface area (Å²) in [5.41, 5.74) is 6.50. The van der Waals surface area contributed by atoms with Crippen LogP contribution in [0.1, 0.15) is 12.5 Å². The molecule has 1 aromatic carbocycles. The highest BCUT2D eigenvalue weighted by molar-refractivity contribution is 5.76. The number of rotatable bonds is 1. The van der Waals surface area contributed by atoms with Gasteiger partial charge in [-0.1, -0.05) is 30.9 Å². The van der Waals surface area contributed by atoms with Gasteiger partial charge >= 0.3 is 0 Å². The lowest BCUT2D eigenvalue weighted by atomic mass is 10.1. The second-order valence-electron chi connectivity index (χ2n) is 3.20. The van der Waals surface area contributed by atoms with Crippen LogP contribution in [0.15, 0.2) is 48.3 Å². The molecule has 0 amide bonds. The standard InChI is InChI=1S/C13H13N/c1-3-12-10-9-11-7-5-6-8-13(11)14(12)4-2/h5-10H,1,4H2,2H3. The van der Waals surface area contributed by atoms with Gasteiger partial charge in [0.2, 0.25) is 0 Å². The van der Waals surface area contributed by atoms with Crippen molar-refractivity contribution in [1.82, 2.24) is 0 Å². The lowest BCUT2D eigenvalue weighted by Crippen LogP contribution is -2.23. The summed E-state index contributed by atoms with van der Waals surface area (Å²) in [6.07, 6.45) is 4.16. The number of fused-ring (bicyclic) bond motifs is 1. The number of benzene rings is 1. The zero-order valence-electron chi connectivity index (χ0n) is 8.33. The largest absolute Gasteiger partial charge is 0.335 e. The summed E-state index contributed by atoms with van der Waals surface area (Å²) >= 11 is 0. The molecule has 0 atom stereocenters. The van der Waals surface area contributed by atoms with E-state index in [0.29, 0.717) is 0 Å². The van der Waals surface area contributed by atoms with Gasteiger partial charge in [-0.25, -0.2) is 0 Å². The third-order valence-electron chi connectivity index (χ3n) is 2.44. The number of para-hydroxylation sites is 1. The molecule has 0 aliphatic carbocycles. The van der Waals surface area contributed by atoms with Crippen LogP contribution < -0.4 is 4.90 Å². The molecule has 1 heteroatoms. The Bertz CT molecular complexity index is 423. The molecule has 0 N–H and O–H groups in total. The van der Waals surface area contributed by atoms with Crippen LogP contribution in [0.4, 0.5) is 5.69 Å². The number of likely N-dealkylation sites (N-methyl/N-ethyl adjacent to an activating group) is 1. The van der Waals surface area contributed by atoms with Gasteiger partial charge in [-0.3, -0.25) is 0 Å². The molecule has 0 saturated carbocycles. The second-order valence-corrected chi connectivity index (χ2v) is 3.20. The highest BCUT2D eigenvalue weighted by Crippen LogP contribution is 2.29. The summed E-state index contributed by atoms with van der Waals surface area (Å²) in [5, 5.41) is 0. The molecule has 2 rings (SSSR count). The van der Waals surface area contributed by atoms with Gasteiger partial charge in [0.05, 0.1) is 5.70 Å². The average Bonchev–Trinajstić information content (AvgIpc) is 2.27. The van der Waals surface area contributed by atoms with Crippen LogP contribution in [0.3, 0.4) is 0 Å². The van der Waals surface area contributed by atoms with Crippen LogP contribution in [0.25, 0.3) is 6.08 Å². The molecule has 70 valence electrons. The van der Waals surface area contributed by atoms with Crippen molar-refractivity contribution in [3.05, 3.63) is 53.9 Å². The van der Waals surface area contributed by atoms with E-state index >= 15 is 0 Å². The summed E-state index contributed by atoms with van der Waals surface area (Å²) in [6.45, 7) is 6.78. The van der Waals surface area contributed by atoms with Crippen molar-refractivity contribution < 1.29 is 0 Å². The maximum absolute atomic E-state index is 3.70. The Morgan fingerprint density at radius 1 is 1.29 bits per heavy atom. The van der Waals surface area contributed by atoms with Crippen molar-refractivity contribution in [1.29, 1.82) is 0 Å². The van der Waals surface area contributed by atoms with E-state index in [4.69, 9.17) is 0 Å². The minimum atomic E-state index is 0.944. The lowest BCUT2D eigenvalue weighted by Gasteiger charge is -2.27. The van der Waals surface area contributed by atoms with Gasteiger partial charge in [0.25, 0.3) is 0 Å². The van der Waals surface area contributed by atoms with Gasteiger partial charge in [0.15, 0.2) is 0 Å². The first kappa shape index (κ1) is 8.86. The van der Waals surface area contributed by atoms with E-state index < -0.39 is 0 Å². The molecule has 1 aliphatic rings. The maximum atomic E-state index is 3.70. The normalized spacial score (nSPS) is 13.8. The lowest BCUT2D eigenvalue weighted by molar-refractivity contribution is 0.974. The van der Waals surface area contributed by atoms with Crippen LogP contribution >= 0.6 is 0 Å².